The molecule has 0 fully saturated rings. The summed E-state index contributed by atoms with van der Waals surface area (Å²) in [7, 11) is 0. The number of aryl methyl sites for hydroxylation is 1. The molecule has 1 aromatic carbocycles. The molecule has 102 valence electrons. The van der Waals surface area contributed by atoms with Crippen molar-refractivity contribution >= 4 is 10.9 Å². The fraction of sp³-hybridized carbons (Fsp3) is 0.235. The van der Waals surface area contributed by atoms with Crippen molar-refractivity contribution in [3.05, 3.63) is 54.2 Å². The normalized spacial score (nSPS) is 11.1. The van der Waals surface area contributed by atoms with E-state index in [1.54, 1.807) is 0 Å². The van der Waals surface area contributed by atoms with Gasteiger partial charge in [0, 0.05) is 17.1 Å². The van der Waals surface area contributed by atoms with Crippen LogP contribution in [0.4, 0.5) is 0 Å². The summed E-state index contributed by atoms with van der Waals surface area (Å²) >= 11 is 0. The number of nitrogens with one attached hydrogen (secondary N) is 1. The van der Waals surface area contributed by atoms with Gasteiger partial charge in [0.15, 0.2) is 0 Å². The molecule has 2 heterocycles. The van der Waals surface area contributed by atoms with Gasteiger partial charge in [0.2, 0.25) is 0 Å². The minimum absolute atomic E-state index is 1.00. The number of H-pyrrole nitrogens is 1. The number of hydrogen-bond acceptors (Lipinski definition) is 1. The van der Waals surface area contributed by atoms with Crippen molar-refractivity contribution in [1.29, 1.82) is 0 Å². The predicted octanol–water partition coefficient (Wildman–Crippen LogP) is 2.79. The number of rotatable bonds is 5. The molecule has 0 aliphatic carbocycles. The molecule has 0 unspecified atom stereocenters. The van der Waals surface area contributed by atoms with E-state index in [2.05, 4.69) is 46.0 Å². The second-order valence-corrected chi connectivity index (χ2v) is 5.05. The molecule has 4 N–H and O–H groups in total. The van der Waals surface area contributed by atoms with Crippen molar-refractivity contribution < 1.29 is 5.73 Å². The van der Waals surface area contributed by atoms with Crippen LogP contribution >= 0.6 is 0 Å². The molecule has 3 heteroatoms. The lowest BCUT2D eigenvalue weighted by Gasteiger charge is -2.03. The Bertz CT molecular complexity index is 686. The van der Waals surface area contributed by atoms with Gasteiger partial charge in [-0.05, 0) is 43.0 Å². The van der Waals surface area contributed by atoms with Gasteiger partial charge in [-0.2, -0.15) is 0 Å². The van der Waals surface area contributed by atoms with Gasteiger partial charge >= 0.3 is 0 Å². The number of aromatic nitrogens is 2. The highest BCUT2D eigenvalue weighted by Crippen LogP contribution is 2.30. The highest BCUT2D eigenvalue weighted by molar-refractivity contribution is 5.90. The number of pyridine rings is 1. The van der Waals surface area contributed by atoms with Crippen molar-refractivity contribution in [2.75, 3.05) is 6.54 Å². The van der Waals surface area contributed by atoms with E-state index in [4.69, 9.17) is 0 Å². The average Bonchev–Trinajstić information content (AvgIpc) is 2.87. The van der Waals surface area contributed by atoms with E-state index in [1.165, 1.54) is 29.3 Å². The molecule has 0 saturated carbocycles. The SMILES string of the molecule is [NH3+]CCCCc1c(-c2ccccn2)[nH]c2ccccc12. The van der Waals surface area contributed by atoms with Crippen LogP contribution in [0.5, 0.6) is 0 Å². The molecule has 2 aromatic heterocycles. The van der Waals surface area contributed by atoms with E-state index in [9.17, 15) is 0 Å². The second-order valence-electron chi connectivity index (χ2n) is 5.05. The molecule has 0 atom stereocenters. The molecule has 20 heavy (non-hydrogen) atoms. The lowest BCUT2D eigenvalue weighted by atomic mass is 10.0. The maximum Gasteiger partial charge on any atom is 0.0867 e. The van der Waals surface area contributed by atoms with Gasteiger partial charge < -0.3 is 10.7 Å². The largest absolute Gasteiger partial charge is 0.358 e. The summed E-state index contributed by atoms with van der Waals surface area (Å²) in [6.07, 6.45) is 5.26. The summed E-state index contributed by atoms with van der Waals surface area (Å²) in [6.45, 7) is 1.00. The molecule has 0 amide bonds. The van der Waals surface area contributed by atoms with E-state index in [1.807, 2.05) is 18.3 Å². The number of fused-ring (bicyclic) bond motifs is 1. The van der Waals surface area contributed by atoms with Crippen LogP contribution in [0.3, 0.4) is 0 Å². The molecular weight excluding hydrogens is 246 g/mol. The zero-order valence-electron chi connectivity index (χ0n) is 11.6. The first kappa shape index (κ1) is 12.9. The van der Waals surface area contributed by atoms with Crippen LogP contribution in [0.1, 0.15) is 18.4 Å². The number of hydrogen-bond donors (Lipinski definition) is 2. The zero-order valence-corrected chi connectivity index (χ0v) is 11.6. The lowest BCUT2D eigenvalue weighted by molar-refractivity contribution is -0.368. The average molecular weight is 266 g/mol. The van der Waals surface area contributed by atoms with Crippen LogP contribution in [-0.2, 0) is 6.42 Å². The Hall–Kier alpha value is -2.13. The first-order valence-corrected chi connectivity index (χ1v) is 7.20. The summed E-state index contributed by atoms with van der Waals surface area (Å²) in [4.78, 5) is 8.02. The molecule has 0 spiro atoms. The van der Waals surface area contributed by atoms with Crippen LogP contribution in [-0.4, -0.2) is 16.5 Å². The van der Waals surface area contributed by atoms with Crippen molar-refractivity contribution in [2.45, 2.75) is 19.3 Å². The third-order valence-electron chi connectivity index (χ3n) is 3.66. The fourth-order valence-electron chi connectivity index (χ4n) is 2.67. The smallest absolute Gasteiger partial charge is 0.0867 e. The summed E-state index contributed by atoms with van der Waals surface area (Å²) < 4.78 is 0. The number of unbranched alkanes of at least 4 members (excludes halogenated alkanes) is 1. The third kappa shape index (κ3) is 2.45. The number of nitrogens with zero attached hydrogens (tertiary/aromatic N) is 1. The van der Waals surface area contributed by atoms with Gasteiger partial charge in [0.05, 0.1) is 17.9 Å². The van der Waals surface area contributed by atoms with E-state index in [0.717, 1.165) is 24.4 Å². The summed E-state index contributed by atoms with van der Waals surface area (Å²) in [5.74, 6) is 0. The van der Waals surface area contributed by atoms with E-state index >= 15 is 0 Å². The number of benzene rings is 1. The van der Waals surface area contributed by atoms with Crippen molar-refractivity contribution in [3.8, 4) is 11.4 Å². The van der Waals surface area contributed by atoms with Gasteiger partial charge in [0.25, 0.3) is 0 Å². The molecule has 3 aromatic rings. The van der Waals surface area contributed by atoms with Crippen LogP contribution in [0.15, 0.2) is 48.7 Å². The zero-order chi connectivity index (χ0) is 13.8. The second kappa shape index (κ2) is 5.88. The van der Waals surface area contributed by atoms with Gasteiger partial charge in [-0.1, -0.05) is 24.3 Å². The minimum Gasteiger partial charge on any atom is -0.358 e. The molecule has 0 radical (unpaired) electrons. The standard InChI is InChI=1S/C17H19N3/c18-11-5-3-8-14-13-7-1-2-9-15(13)20-17(14)16-10-4-6-12-19-16/h1-2,4,6-7,9-10,12,20H,3,5,8,11,18H2/p+1. The predicted molar refractivity (Wildman–Crippen MR) is 82.2 cm³/mol. The Kier molecular flexibility index (Phi) is 3.79. The Morgan fingerprint density at radius 1 is 1.00 bits per heavy atom. The van der Waals surface area contributed by atoms with Crippen LogP contribution < -0.4 is 5.73 Å². The van der Waals surface area contributed by atoms with Gasteiger partial charge in [-0.25, -0.2) is 0 Å². The van der Waals surface area contributed by atoms with Crippen molar-refractivity contribution in [2.24, 2.45) is 0 Å². The Labute approximate surface area is 118 Å². The van der Waals surface area contributed by atoms with Gasteiger partial charge in [-0.15, -0.1) is 0 Å². The monoisotopic (exact) mass is 266 g/mol. The topological polar surface area (TPSA) is 56.3 Å². The van der Waals surface area contributed by atoms with E-state index in [-0.39, 0.29) is 0 Å². The quantitative estimate of drug-likeness (QED) is 0.685. The van der Waals surface area contributed by atoms with Crippen LogP contribution in [0.2, 0.25) is 0 Å². The maximum atomic E-state index is 4.49. The third-order valence-corrected chi connectivity index (χ3v) is 3.66. The first-order valence-electron chi connectivity index (χ1n) is 7.20. The number of para-hydroxylation sites is 1. The first-order chi connectivity index (χ1) is 9.90. The van der Waals surface area contributed by atoms with Crippen molar-refractivity contribution in [3.63, 3.8) is 0 Å². The van der Waals surface area contributed by atoms with Gasteiger partial charge in [-0.3, -0.25) is 4.98 Å². The Morgan fingerprint density at radius 2 is 1.85 bits per heavy atom. The van der Waals surface area contributed by atoms with Crippen LogP contribution in [0.25, 0.3) is 22.3 Å². The number of quaternary nitrogens is 1. The summed E-state index contributed by atoms with van der Waals surface area (Å²) in [5, 5.41) is 1.32. The number of aromatic amines is 1. The molecule has 0 aliphatic rings. The van der Waals surface area contributed by atoms with Crippen molar-refractivity contribution in [1.82, 2.24) is 9.97 Å². The highest BCUT2D eigenvalue weighted by atomic mass is 14.8. The van der Waals surface area contributed by atoms with Crippen LogP contribution in [0, 0.1) is 0 Å². The minimum atomic E-state index is 1.00. The molecule has 0 saturated heterocycles. The molecular formula is C17H20N3+. The lowest BCUT2D eigenvalue weighted by Crippen LogP contribution is -2.50. The van der Waals surface area contributed by atoms with E-state index in [0.29, 0.717) is 0 Å². The summed E-state index contributed by atoms with van der Waals surface area (Å²) in [6, 6.07) is 14.5. The van der Waals surface area contributed by atoms with E-state index < -0.39 is 0 Å². The molecule has 3 rings (SSSR count). The maximum absolute atomic E-state index is 4.49. The molecule has 0 aliphatic heterocycles. The fourth-order valence-corrected chi connectivity index (χ4v) is 2.67. The summed E-state index contributed by atoms with van der Waals surface area (Å²) in [5.41, 5.74) is 8.69. The molecule has 3 nitrogen and oxygen atoms in total. The molecule has 0 bridgehead atoms. The Balaban J connectivity index is 2.08. The Morgan fingerprint density at radius 3 is 2.65 bits per heavy atom. The highest BCUT2D eigenvalue weighted by Gasteiger charge is 2.13. The van der Waals surface area contributed by atoms with Gasteiger partial charge in [0.1, 0.15) is 0 Å².